The van der Waals surface area contributed by atoms with Crippen molar-refractivity contribution in [2.24, 2.45) is 5.73 Å². The largest absolute Gasteiger partial charge is 0.344 e. The van der Waals surface area contributed by atoms with Gasteiger partial charge in [0.15, 0.2) is 11.6 Å². The maximum absolute atomic E-state index is 13.3. The Balaban J connectivity index is 0.000000366. The summed E-state index contributed by atoms with van der Waals surface area (Å²) in [6, 6.07) is 2.48. The number of carbonyl (C=O) groups excluding carboxylic acids is 3. The number of halogens is 2. The highest BCUT2D eigenvalue weighted by Crippen LogP contribution is 2.19. The van der Waals surface area contributed by atoms with Gasteiger partial charge in [-0.3, -0.25) is 14.4 Å². The van der Waals surface area contributed by atoms with Crippen molar-refractivity contribution < 1.29 is 23.2 Å². The zero-order chi connectivity index (χ0) is 34.9. The van der Waals surface area contributed by atoms with Gasteiger partial charge in [0.05, 0.1) is 25.1 Å². The zero-order valence-electron chi connectivity index (χ0n) is 28.6. The third-order valence-electron chi connectivity index (χ3n) is 7.89. The summed E-state index contributed by atoms with van der Waals surface area (Å²) in [5.74, 6) is -1.51. The molecular weight excluding hydrogens is 606 g/mol. The summed E-state index contributed by atoms with van der Waals surface area (Å²) >= 11 is 0. The van der Waals surface area contributed by atoms with Gasteiger partial charge in [-0.1, -0.05) is 54.4 Å². The number of carbonyl (C=O) groups is 3. The fourth-order valence-corrected chi connectivity index (χ4v) is 5.20. The van der Waals surface area contributed by atoms with Crippen molar-refractivity contribution in [1.82, 2.24) is 24.4 Å². The molecule has 3 rings (SSSR count). The highest BCUT2D eigenvalue weighted by atomic mass is 19.1. The van der Waals surface area contributed by atoms with Crippen LogP contribution in [-0.4, -0.2) is 48.9 Å². The number of imidazole rings is 2. The predicted octanol–water partition coefficient (Wildman–Crippen LogP) is 6.30. The molecule has 0 aliphatic rings. The van der Waals surface area contributed by atoms with E-state index in [1.807, 2.05) is 29.2 Å². The Labute approximate surface area is 277 Å². The van der Waals surface area contributed by atoms with Crippen molar-refractivity contribution in [3.8, 4) is 0 Å². The first-order valence-electron chi connectivity index (χ1n) is 16.7. The van der Waals surface area contributed by atoms with E-state index in [1.54, 1.807) is 18.9 Å². The molecule has 260 valence electrons. The fourth-order valence-electron chi connectivity index (χ4n) is 5.20. The normalized spacial score (nSPS) is 12.3. The molecule has 11 nitrogen and oxygen atoms in total. The topological polar surface area (TPSA) is 149 Å². The molecule has 13 heteroatoms. The average molecular weight is 659 g/mol. The maximum atomic E-state index is 13.3. The molecule has 0 aliphatic carbocycles. The smallest absolute Gasteiger partial charge is 0.248 e. The molecule has 2 aromatic heterocycles. The molecule has 0 bridgehead atoms. The monoisotopic (exact) mass is 658 g/mol. The quantitative estimate of drug-likeness (QED) is 0.134. The number of hydrogen-bond donors (Lipinski definition) is 4. The molecule has 0 radical (unpaired) electrons. The van der Waals surface area contributed by atoms with E-state index in [2.05, 4.69) is 53.6 Å². The molecule has 1 aromatic carbocycles. The lowest BCUT2D eigenvalue weighted by Gasteiger charge is -2.17. The third kappa shape index (κ3) is 12.9. The first kappa shape index (κ1) is 39.1. The van der Waals surface area contributed by atoms with E-state index in [4.69, 9.17) is 5.73 Å². The number of amides is 3. The molecule has 0 saturated heterocycles. The van der Waals surface area contributed by atoms with E-state index in [9.17, 15) is 23.2 Å². The average Bonchev–Trinajstić information content (AvgIpc) is 3.68. The number of hydrogen-bond acceptors (Lipinski definition) is 6. The van der Waals surface area contributed by atoms with Crippen LogP contribution in [0.2, 0.25) is 0 Å². The number of anilines is 2. The second-order valence-electron chi connectivity index (χ2n) is 11.6. The number of benzene rings is 1. The number of aromatic nitrogens is 4. The summed E-state index contributed by atoms with van der Waals surface area (Å²) in [7, 11) is 0. The summed E-state index contributed by atoms with van der Waals surface area (Å²) in [5.41, 5.74) is 5.96. The van der Waals surface area contributed by atoms with Crippen LogP contribution in [-0.2, 0) is 20.8 Å². The first-order valence-corrected chi connectivity index (χ1v) is 16.7. The van der Waals surface area contributed by atoms with Crippen LogP contribution in [0.5, 0.6) is 0 Å². The summed E-state index contributed by atoms with van der Waals surface area (Å²) in [6.07, 6.45) is 13.6. The van der Waals surface area contributed by atoms with Crippen molar-refractivity contribution in [2.75, 3.05) is 10.6 Å². The Morgan fingerprint density at radius 1 is 0.745 bits per heavy atom. The molecule has 0 spiro atoms. The molecular formula is C34H52F2N8O3. The predicted molar refractivity (Wildman–Crippen MR) is 181 cm³/mol. The second-order valence-corrected chi connectivity index (χ2v) is 11.6. The molecule has 2 unspecified atom stereocenters. The van der Waals surface area contributed by atoms with E-state index in [0.29, 0.717) is 43.0 Å². The van der Waals surface area contributed by atoms with Gasteiger partial charge in [-0.15, -0.1) is 0 Å². The summed E-state index contributed by atoms with van der Waals surface area (Å²) in [5, 5.41) is 8.13. The van der Waals surface area contributed by atoms with Crippen LogP contribution in [0, 0.1) is 11.6 Å². The molecule has 0 saturated carbocycles. The lowest BCUT2D eigenvalue weighted by molar-refractivity contribution is -0.126. The van der Waals surface area contributed by atoms with Crippen molar-refractivity contribution in [3.63, 3.8) is 0 Å². The molecule has 47 heavy (non-hydrogen) atoms. The lowest BCUT2D eigenvalue weighted by Crippen LogP contribution is -2.44. The molecule has 2 atom stereocenters. The highest BCUT2D eigenvalue weighted by Gasteiger charge is 2.22. The Kier molecular flexibility index (Phi) is 16.8. The van der Waals surface area contributed by atoms with E-state index >= 15 is 0 Å². The molecule has 0 aliphatic heterocycles. The third-order valence-corrected chi connectivity index (χ3v) is 7.89. The number of nitrogens with zero attached hydrogens (tertiary/aromatic N) is 4. The van der Waals surface area contributed by atoms with Crippen LogP contribution < -0.4 is 21.7 Å². The Morgan fingerprint density at radius 3 is 1.66 bits per heavy atom. The van der Waals surface area contributed by atoms with E-state index in [0.717, 1.165) is 50.3 Å². The Bertz CT molecular complexity index is 1380. The van der Waals surface area contributed by atoms with E-state index in [-0.39, 0.29) is 23.8 Å². The van der Waals surface area contributed by atoms with Gasteiger partial charge in [-0.05, 0) is 56.2 Å². The van der Waals surface area contributed by atoms with Gasteiger partial charge in [0.1, 0.15) is 17.7 Å². The van der Waals surface area contributed by atoms with Gasteiger partial charge >= 0.3 is 0 Å². The highest BCUT2D eigenvalue weighted by molar-refractivity contribution is 5.96. The van der Waals surface area contributed by atoms with Gasteiger partial charge in [0.2, 0.25) is 17.7 Å². The molecule has 3 aromatic rings. The van der Waals surface area contributed by atoms with Crippen LogP contribution in [0.1, 0.15) is 111 Å². The minimum atomic E-state index is -0.760. The Hall–Kier alpha value is -4.13. The van der Waals surface area contributed by atoms with Crippen LogP contribution in [0.25, 0.3) is 0 Å². The number of nitrogens with one attached hydrogen (secondary N) is 3. The van der Waals surface area contributed by atoms with Gasteiger partial charge in [0.25, 0.3) is 0 Å². The van der Waals surface area contributed by atoms with E-state index < -0.39 is 29.6 Å². The summed E-state index contributed by atoms with van der Waals surface area (Å²) in [6.45, 7) is 12.4. The van der Waals surface area contributed by atoms with Gasteiger partial charge in [0, 0.05) is 30.5 Å². The van der Waals surface area contributed by atoms with Crippen LogP contribution in [0.4, 0.5) is 20.4 Å². The molecule has 3 amide bonds. The number of rotatable bonds is 17. The van der Waals surface area contributed by atoms with Crippen molar-refractivity contribution >= 4 is 29.4 Å². The zero-order valence-corrected chi connectivity index (χ0v) is 28.6. The molecule has 0 fully saturated rings. The first-order chi connectivity index (χ1) is 22.5. The van der Waals surface area contributed by atoms with E-state index in [1.165, 1.54) is 0 Å². The number of nitrogens with two attached hydrogens (primary N) is 1. The van der Waals surface area contributed by atoms with Crippen molar-refractivity contribution in [2.45, 2.75) is 123 Å². The summed E-state index contributed by atoms with van der Waals surface area (Å²) in [4.78, 5) is 45.1. The van der Waals surface area contributed by atoms with Crippen molar-refractivity contribution in [3.05, 3.63) is 60.4 Å². The minimum Gasteiger partial charge on any atom is -0.344 e. The lowest BCUT2D eigenvalue weighted by atomic mass is 10.1. The van der Waals surface area contributed by atoms with Crippen molar-refractivity contribution in [1.29, 1.82) is 0 Å². The SMILES string of the molecule is CCCC(N)C(=O)Nc1cn(C(CC)CC)cn1.CCCC(NC(=O)Cc1cc(F)cc(F)c1)C(=O)Nc1cn(C(CC)CC)cn1. The standard InChI is InChI=1S/C21H28F2N4O2.C13H24N4O/c1-4-7-18(25-20(28)10-14-8-15(22)11-16(23)9-14)21(29)26-19-12-27(13-24-19)17(5-2)6-3;1-4-7-11(14)13(18)16-12-8-17(9-15-12)10(5-2)6-3/h8-9,11-13,17-18H,4-7,10H2,1-3H3,(H,25,28)(H,26,29);8-11H,4-7,14H2,1-3H3,(H,16,18). The van der Waals surface area contributed by atoms with Gasteiger partial charge in [-0.25, -0.2) is 18.7 Å². The maximum Gasteiger partial charge on any atom is 0.248 e. The fraction of sp³-hybridized carbons (Fsp3) is 0.559. The summed E-state index contributed by atoms with van der Waals surface area (Å²) < 4.78 is 30.6. The van der Waals surface area contributed by atoms with Gasteiger partial charge in [-0.2, -0.15) is 0 Å². The molecule has 5 N–H and O–H groups in total. The van der Waals surface area contributed by atoms with Gasteiger partial charge < -0.3 is 30.8 Å². The Morgan fingerprint density at radius 2 is 1.21 bits per heavy atom. The second kappa shape index (κ2) is 20.2. The van der Waals surface area contributed by atoms with Crippen LogP contribution in [0.15, 0.2) is 43.2 Å². The van der Waals surface area contributed by atoms with Crippen LogP contribution in [0.3, 0.4) is 0 Å². The molecule has 2 heterocycles. The minimum absolute atomic E-state index is 0.161. The van der Waals surface area contributed by atoms with Crippen LogP contribution >= 0.6 is 0 Å².